The lowest BCUT2D eigenvalue weighted by molar-refractivity contribution is 0.440. The Labute approximate surface area is 110 Å². The largest absolute Gasteiger partial charge is 0.351 e. The zero-order chi connectivity index (χ0) is 13.1. The van der Waals surface area contributed by atoms with Crippen LogP contribution in [-0.2, 0) is 0 Å². The van der Waals surface area contributed by atoms with Crippen LogP contribution in [0, 0.1) is 5.41 Å². The van der Waals surface area contributed by atoms with E-state index in [1.807, 2.05) is 0 Å². The summed E-state index contributed by atoms with van der Waals surface area (Å²) in [7, 11) is 2.16. The Morgan fingerprint density at radius 3 is 2.67 bits per heavy atom. The summed E-state index contributed by atoms with van der Waals surface area (Å²) in [5, 5.41) is 0. The van der Waals surface area contributed by atoms with Gasteiger partial charge in [-0.15, -0.1) is 0 Å². The van der Waals surface area contributed by atoms with Crippen LogP contribution in [0.1, 0.15) is 44.2 Å². The van der Waals surface area contributed by atoms with Gasteiger partial charge in [-0.1, -0.05) is 51.6 Å². The van der Waals surface area contributed by atoms with Gasteiger partial charge in [0.15, 0.2) is 0 Å². The molecule has 0 radical (unpaired) electrons. The van der Waals surface area contributed by atoms with Crippen LogP contribution in [0.3, 0.4) is 0 Å². The van der Waals surface area contributed by atoms with Gasteiger partial charge in [0.25, 0.3) is 0 Å². The Morgan fingerprint density at radius 1 is 1.28 bits per heavy atom. The molecule has 2 aliphatic rings. The lowest BCUT2D eigenvalue weighted by Crippen LogP contribution is -2.18. The highest BCUT2D eigenvalue weighted by Crippen LogP contribution is 2.55. The fourth-order valence-corrected chi connectivity index (χ4v) is 3.54. The molecule has 1 nitrogen and oxygen atoms in total. The van der Waals surface area contributed by atoms with Crippen molar-refractivity contribution in [3.05, 3.63) is 53.4 Å². The number of rotatable bonds is 0. The SMILES string of the molecule is C=C1N(C)C2=C(c3ccccc3C(C)C2)C1(C)C. The Hall–Kier alpha value is -1.50. The summed E-state index contributed by atoms with van der Waals surface area (Å²) in [4.78, 5) is 2.31. The molecule has 1 aliphatic heterocycles. The second-order valence-corrected chi connectivity index (χ2v) is 6.14. The van der Waals surface area contributed by atoms with Gasteiger partial charge >= 0.3 is 0 Å². The number of nitrogens with zero attached hydrogens (tertiary/aromatic N) is 1. The molecule has 0 fully saturated rings. The van der Waals surface area contributed by atoms with Crippen molar-refractivity contribution >= 4 is 5.57 Å². The van der Waals surface area contributed by atoms with E-state index in [0.29, 0.717) is 5.92 Å². The first-order chi connectivity index (χ1) is 8.44. The highest BCUT2D eigenvalue weighted by Gasteiger charge is 2.43. The number of fused-ring (bicyclic) bond motifs is 2. The first-order valence-electron chi connectivity index (χ1n) is 6.70. The summed E-state index contributed by atoms with van der Waals surface area (Å²) in [5.41, 5.74) is 7.16. The van der Waals surface area contributed by atoms with Crippen LogP contribution in [0.5, 0.6) is 0 Å². The standard InChI is InChI=1S/C17H21N/c1-11-10-15-16(14-9-7-6-8-13(11)14)17(3,4)12(2)18(15)5/h6-9,11H,2,10H2,1,3-5H3. The summed E-state index contributed by atoms with van der Waals surface area (Å²) in [6, 6.07) is 8.86. The Bertz CT molecular complexity index is 563. The van der Waals surface area contributed by atoms with Crippen molar-refractivity contribution in [3.63, 3.8) is 0 Å². The normalized spacial score (nSPS) is 25.2. The molecule has 0 spiro atoms. The number of hydrogen-bond donors (Lipinski definition) is 0. The van der Waals surface area contributed by atoms with E-state index in [1.165, 1.54) is 28.1 Å². The zero-order valence-electron chi connectivity index (χ0n) is 11.7. The molecule has 1 aliphatic carbocycles. The molecule has 1 unspecified atom stereocenters. The van der Waals surface area contributed by atoms with Gasteiger partial charge in [0.2, 0.25) is 0 Å². The first-order valence-corrected chi connectivity index (χ1v) is 6.70. The van der Waals surface area contributed by atoms with E-state index >= 15 is 0 Å². The average Bonchev–Trinajstić information content (AvgIpc) is 2.51. The Balaban J connectivity index is 2.29. The van der Waals surface area contributed by atoms with Gasteiger partial charge < -0.3 is 4.90 Å². The minimum absolute atomic E-state index is 0.0559. The molecule has 1 atom stereocenters. The molecular weight excluding hydrogens is 218 g/mol. The molecule has 1 heteroatoms. The molecule has 0 bridgehead atoms. The molecule has 1 heterocycles. The monoisotopic (exact) mass is 239 g/mol. The van der Waals surface area contributed by atoms with E-state index in [0.717, 1.165) is 6.42 Å². The number of benzene rings is 1. The van der Waals surface area contributed by atoms with Crippen molar-refractivity contribution in [2.45, 2.75) is 33.1 Å². The first kappa shape index (κ1) is 11.6. The predicted molar refractivity (Wildman–Crippen MR) is 77.1 cm³/mol. The maximum Gasteiger partial charge on any atom is 0.0316 e. The lowest BCUT2D eigenvalue weighted by atomic mass is 9.73. The summed E-state index contributed by atoms with van der Waals surface area (Å²) in [6.07, 6.45) is 1.13. The Morgan fingerprint density at radius 2 is 1.94 bits per heavy atom. The Kier molecular flexibility index (Phi) is 2.25. The van der Waals surface area contributed by atoms with E-state index in [2.05, 4.69) is 63.6 Å². The summed E-state index contributed by atoms with van der Waals surface area (Å²) < 4.78 is 0. The van der Waals surface area contributed by atoms with E-state index in [4.69, 9.17) is 0 Å². The molecule has 0 saturated carbocycles. The smallest absolute Gasteiger partial charge is 0.0316 e. The third kappa shape index (κ3) is 1.28. The van der Waals surface area contributed by atoms with Gasteiger partial charge in [0.05, 0.1) is 0 Å². The van der Waals surface area contributed by atoms with Crippen LogP contribution in [0.2, 0.25) is 0 Å². The van der Waals surface area contributed by atoms with E-state index < -0.39 is 0 Å². The number of allylic oxidation sites excluding steroid dienone is 2. The highest BCUT2D eigenvalue weighted by atomic mass is 15.2. The van der Waals surface area contributed by atoms with Gasteiger partial charge in [0, 0.05) is 23.9 Å². The minimum Gasteiger partial charge on any atom is -0.351 e. The van der Waals surface area contributed by atoms with Crippen LogP contribution < -0.4 is 0 Å². The van der Waals surface area contributed by atoms with Gasteiger partial charge in [-0.05, 0) is 29.0 Å². The molecular formula is C17H21N. The van der Waals surface area contributed by atoms with Crippen molar-refractivity contribution in [3.8, 4) is 0 Å². The summed E-state index contributed by atoms with van der Waals surface area (Å²) >= 11 is 0. The second-order valence-electron chi connectivity index (χ2n) is 6.14. The lowest BCUT2D eigenvalue weighted by Gasteiger charge is -2.29. The summed E-state index contributed by atoms with van der Waals surface area (Å²) in [6.45, 7) is 11.2. The maximum atomic E-state index is 4.29. The fraction of sp³-hybridized carbons (Fsp3) is 0.412. The van der Waals surface area contributed by atoms with Crippen molar-refractivity contribution in [1.29, 1.82) is 0 Å². The van der Waals surface area contributed by atoms with Crippen LogP contribution in [0.25, 0.3) is 5.57 Å². The third-order valence-electron chi connectivity index (χ3n) is 4.71. The van der Waals surface area contributed by atoms with Crippen LogP contribution in [0.15, 0.2) is 42.2 Å². The van der Waals surface area contributed by atoms with E-state index in [1.54, 1.807) is 0 Å². The van der Waals surface area contributed by atoms with Gasteiger partial charge in [-0.2, -0.15) is 0 Å². The second kappa shape index (κ2) is 3.50. The van der Waals surface area contributed by atoms with E-state index in [9.17, 15) is 0 Å². The summed E-state index contributed by atoms with van der Waals surface area (Å²) in [5.74, 6) is 0.601. The molecule has 0 saturated heterocycles. The molecule has 3 rings (SSSR count). The molecule has 1 aromatic rings. The molecule has 94 valence electrons. The molecule has 0 N–H and O–H groups in total. The molecule has 1 aromatic carbocycles. The van der Waals surface area contributed by atoms with Gasteiger partial charge in [-0.3, -0.25) is 0 Å². The fourth-order valence-electron chi connectivity index (χ4n) is 3.54. The minimum atomic E-state index is 0.0559. The molecule has 0 aromatic heterocycles. The van der Waals surface area contributed by atoms with Crippen LogP contribution in [0.4, 0.5) is 0 Å². The van der Waals surface area contributed by atoms with Crippen LogP contribution >= 0.6 is 0 Å². The zero-order valence-corrected chi connectivity index (χ0v) is 11.7. The van der Waals surface area contributed by atoms with Crippen LogP contribution in [-0.4, -0.2) is 11.9 Å². The highest BCUT2D eigenvalue weighted by molar-refractivity contribution is 5.82. The van der Waals surface area contributed by atoms with Crippen molar-refractivity contribution in [2.24, 2.45) is 5.41 Å². The molecule has 0 amide bonds. The number of hydrogen-bond acceptors (Lipinski definition) is 1. The molecule has 18 heavy (non-hydrogen) atoms. The topological polar surface area (TPSA) is 3.24 Å². The van der Waals surface area contributed by atoms with Crippen molar-refractivity contribution in [2.75, 3.05) is 7.05 Å². The third-order valence-corrected chi connectivity index (χ3v) is 4.71. The quantitative estimate of drug-likeness (QED) is 0.649. The van der Waals surface area contributed by atoms with E-state index in [-0.39, 0.29) is 5.41 Å². The van der Waals surface area contributed by atoms with Gasteiger partial charge in [-0.25, -0.2) is 0 Å². The average molecular weight is 239 g/mol. The maximum absolute atomic E-state index is 4.29. The van der Waals surface area contributed by atoms with Crippen molar-refractivity contribution < 1.29 is 0 Å². The van der Waals surface area contributed by atoms with Crippen molar-refractivity contribution in [1.82, 2.24) is 4.90 Å². The van der Waals surface area contributed by atoms with Gasteiger partial charge in [0.1, 0.15) is 0 Å². The predicted octanol–water partition coefficient (Wildman–Crippen LogP) is 4.39.